The molecule has 0 saturated heterocycles. The molecule has 2 rings (SSSR count). The Hall–Kier alpha value is -0.770. The van der Waals surface area contributed by atoms with Crippen molar-refractivity contribution in [3.8, 4) is 0 Å². The van der Waals surface area contributed by atoms with Crippen molar-refractivity contribution in [3.05, 3.63) is 35.9 Å². The van der Waals surface area contributed by atoms with Crippen molar-refractivity contribution < 1.29 is 4.55 Å². The van der Waals surface area contributed by atoms with E-state index in [2.05, 4.69) is 17.5 Å². The Kier molecular flexibility index (Phi) is 3.46. The summed E-state index contributed by atoms with van der Waals surface area (Å²) in [6, 6.07) is 8.02. The van der Waals surface area contributed by atoms with E-state index in [1.54, 1.807) is 6.26 Å². The molecule has 1 aromatic carbocycles. The molecule has 0 aromatic heterocycles. The summed E-state index contributed by atoms with van der Waals surface area (Å²) >= 11 is -0.887. The molecule has 3 heteroatoms. The molecule has 80 valence electrons. The third kappa shape index (κ3) is 2.62. The van der Waals surface area contributed by atoms with Gasteiger partial charge in [-0.2, -0.15) is 0 Å². The van der Waals surface area contributed by atoms with E-state index >= 15 is 0 Å². The van der Waals surface area contributed by atoms with Gasteiger partial charge in [0.1, 0.15) is 6.26 Å². The fraction of sp³-hybridized carbons (Fsp3) is 0.333. The topological polar surface area (TPSA) is 35.1 Å². The highest BCUT2D eigenvalue weighted by atomic mass is 32.2. The second-order valence-corrected chi connectivity index (χ2v) is 5.05. The average molecular weight is 221 g/mol. The number of hydrogen-bond donors (Lipinski definition) is 1. The minimum absolute atomic E-state index is 0.887. The molecule has 1 unspecified atom stereocenters. The molecule has 1 aliphatic rings. The molecule has 0 radical (unpaired) electrons. The Morgan fingerprint density at radius 3 is 2.93 bits per heavy atom. The van der Waals surface area contributed by atoms with Crippen molar-refractivity contribution in [1.82, 2.24) is 5.32 Å². The normalized spacial score (nSPS) is 18.4. The third-order valence-electron chi connectivity index (χ3n) is 2.60. The van der Waals surface area contributed by atoms with Crippen molar-refractivity contribution >= 4 is 16.7 Å². The zero-order valence-electron chi connectivity index (χ0n) is 8.82. The molecule has 1 aromatic rings. The SMILES string of the molecule is C[S+]([O-])c1cccc(C2=CCNCC2)c1. The predicted molar refractivity (Wildman–Crippen MR) is 64.2 cm³/mol. The standard InChI is InChI=1S/C12H15NOS/c1-15(14)12-4-2-3-11(9-12)10-5-7-13-8-6-10/h2-5,9,13H,6-8H2,1H3. The molecule has 0 fully saturated rings. The first-order valence-corrected chi connectivity index (χ1v) is 6.67. The van der Waals surface area contributed by atoms with E-state index in [0.717, 1.165) is 24.4 Å². The number of nitrogens with one attached hydrogen (secondary N) is 1. The summed E-state index contributed by atoms with van der Waals surface area (Å²) in [5.74, 6) is 0. The minimum atomic E-state index is -0.887. The van der Waals surface area contributed by atoms with E-state index in [9.17, 15) is 4.55 Å². The van der Waals surface area contributed by atoms with E-state index in [1.807, 2.05) is 18.2 Å². The van der Waals surface area contributed by atoms with Gasteiger partial charge in [0, 0.05) is 12.6 Å². The Bertz CT molecular complexity index is 374. The van der Waals surface area contributed by atoms with E-state index in [4.69, 9.17) is 0 Å². The highest BCUT2D eigenvalue weighted by Gasteiger charge is 2.09. The van der Waals surface area contributed by atoms with Crippen LogP contribution < -0.4 is 5.32 Å². The zero-order chi connectivity index (χ0) is 10.7. The van der Waals surface area contributed by atoms with Crippen LogP contribution in [0.1, 0.15) is 12.0 Å². The van der Waals surface area contributed by atoms with Crippen LogP contribution in [0, 0.1) is 0 Å². The van der Waals surface area contributed by atoms with E-state index in [-0.39, 0.29) is 0 Å². The lowest BCUT2D eigenvalue weighted by molar-refractivity contribution is 0.601. The van der Waals surface area contributed by atoms with Gasteiger partial charge in [-0.1, -0.05) is 18.2 Å². The summed E-state index contributed by atoms with van der Waals surface area (Å²) in [4.78, 5) is 0.909. The van der Waals surface area contributed by atoms with Crippen LogP contribution in [-0.4, -0.2) is 23.9 Å². The maximum Gasteiger partial charge on any atom is 0.153 e. The first kappa shape index (κ1) is 10.7. The molecule has 0 spiro atoms. The predicted octanol–water partition coefficient (Wildman–Crippen LogP) is 1.80. The van der Waals surface area contributed by atoms with Gasteiger partial charge in [-0.3, -0.25) is 0 Å². The third-order valence-corrected chi connectivity index (χ3v) is 3.52. The van der Waals surface area contributed by atoms with Crippen LogP contribution in [-0.2, 0) is 11.2 Å². The summed E-state index contributed by atoms with van der Waals surface area (Å²) in [6.45, 7) is 1.97. The minimum Gasteiger partial charge on any atom is -0.612 e. The highest BCUT2D eigenvalue weighted by Crippen LogP contribution is 2.22. The maximum atomic E-state index is 11.4. The van der Waals surface area contributed by atoms with Crippen LogP contribution in [0.5, 0.6) is 0 Å². The summed E-state index contributed by atoms with van der Waals surface area (Å²) in [7, 11) is 0. The molecule has 15 heavy (non-hydrogen) atoms. The lowest BCUT2D eigenvalue weighted by atomic mass is 10.0. The van der Waals surface area contributed by atoms with Gasteiger partial charge in [0.2, 0.25) is 0 Å². The zero-order valence-corrected chi connectivity index (χ0v) is 9.64. The summed E-state index contributed by atoms with van der Waals surface area (Å²) in [5.41, 5.74) is 2.57. The molecule has 0 bridgehead atoms. The smallest absolute Gasteiger partial charge is 0.153 e. The Labute approximate surface area is 93.6 Å². The van der Waals surface area contributed by atoms with Crippen LogP contribution in [0.2, 0.25) is 0 Å². The largest absolute Gasteiger partial charge is 0.612 e. The molecule has 0 aliphatic carbocycles. The Balaban J connectivity index is 2.27. The monoisotopic (exact) mass is 221 g/mol. The average Bonchev–Trinajstić information content (AvgIpc) is 2.30. The Morgan fingerprint density at radius 1 is 1.40 bits per heavy atom. The van der Waals surface area contributed by atoms with Crippen LogP contribution in [0.3, 0.4) is 0 Å². The van der Waals surface area contributed by atoms with Crippen LogP contribution in [0.15, 0.2) is 35.2 Å². The number of benzene rings is 1. The van der Waals surface area contributed by atoms with E-state index < -0.39 is 11.2 Å². The van der Waals surface area contributed by atoms with Crippen LogP contribution >= 0.6 is 0 Å². The summed E-state index contributed by atoms with van der Waals surface area (Å²) in [6.07, 6.45) is 4.98. The van der Waals surface area contributed by atoms with Crippen molar-refractivity contribution in [2.24, 2.45) is 0 Å². The Morgan fingerprint density at radius 2 is 2.27 bits per heavy atom. The quantitative estimate of drug-likeness (QED) is 0.773. The van der Waals surface area contributed by atoms with Gasteiger partial charge in [-0.05, 0) is 41.3 Å². The number of rotatable bonds is 2. The van der Waals surface area contributed by atoms with Crippen molar-refractivity contribution in [3.63, 3.8) is 0 Å². The molecule has 0 amide bonds. The first-order valence-electron chi connectivity index (χ1n) is 5.11. The first-order chi connectivity index (χ1) is 7.27. The summed E-state index contributed by atoms with van der Waals surface area (Å²) < 4.78 is 11.4. The fourth-order valence-electron chi connectivity index (χ4n) is 1.76. The van der Waals surface area contributed by atoms with Gasteiger partial charge >= 0.3 is 0 Å². The van der Waals surface area contributed by atoms with E-state index in [1.165, 1.54) is 11.1 Å². The molecule has 0 saturated carbocycles. The molecule has 1 N–H and O–H groups in total. The van der Waals surface area contributed by atoms with Gasteiger partial charge in [0.05, 0.1) is 0 Å². The van der Waals surface area contributed by atoms with Crippen molar-refractivity contribution in [2.45, 2.75) is 11.3 Å². The summed E-state index contributed by atoms with van der Waals surface area (Å²) in [5, 5.41) is 3.29. The van der Waals surface area contributed by atoms with Crippen molar-refractivity contribution in [1.29, 1.82) is 0 Å². The molecule has 2 nitrogen and oxygen atoms in total. The van der Waals surface area contributed by atoms with Gasteiger partial charge in [-0.15, -0.1) is 0 Å². The van der Waals surface area contributed by atoms with Gasteiger partial charge in [0.25, 0.3) is 0 Å². The molecular weight excluding hydrogens is 206 g/mol. The fourth-order valence-corrected chi connectivity index (χ4v) is 2.32. The molecule has 1 aliphatic heterocycles. The number of hydrogen-bond acceptors (Lipinski definition) is 2. The highest BCUT2D eigenvalue weighted by molar-refractivity contribution is 7.90. The maximum absolute atomic E-state index is 11.4. The molecule has 1 atom stereocenters. The van der Waals surface area contributed by atoms with E-state index in [0.29, 0.717) is 0 Å². The molecular formula is C12H15NOS. The van der Waals surface area contributed by atoms with Gasteiger partial charge < -0.3 is 9.87 Å². The lowest BCUT2D eigenvalue weighted by Gasteiger charge is -2.14. The second kappa shape index (κ2) is 4.84. The lowest BCUT2D eigenvalue weighted by Crippen LogP contribution is -2.20. The van der Waals surface area contributed by atoms with Gasteiger partial charge in [-0.25, -0.2) is 0 Å². The van der Waals surface area contributed by atoms with Crippen molar-refractivity contribution in [2.75, 3.05) is 19.3 Å². The van der Waals surface area contributed by atoms with Crippen LogP contribution in [0.25, 0.3) is 5.57 Å². The second-order valence-electron chi connectivity index (χ2n) is 3.67. The van der Waals surface area contributed by atoms with Gasteiger partial charge in [0.15, 0.2) is 4.90 Å². The molecule has 1 heterocycles. The van der Waals surface area contributed by atoms with Crippen LogP contribution in [0.4, 0.5) is 0 Å².